The maximum atomic E-state index is 12.1. The van der Waals surface area contributed by atoms with Gasteiger partial charge in [0.25, 0.3) is 0 Å². The van der Waals surface area contributed by atoms with Crippen molar-refractivity contribution < 1.29 is 4.79 Å². The topological polar surface area (TPSA) is 55.1 Å². The van der Waals surface area contributed by atoms with E-state index in [-0.39, 0.29) is 11.9 Å². The fourth-order valence-corrected chi connectivity index (χ4v) is 2.34. The average Bonchev–Trinajstić information content (AvgIpc) is 2.50. The molecule has 118 valence electrons. The van der Waals surface area contributed by atoms with Crippen molar-refractivity contribution in [1.82, 2.24) is 5.32 Å². The summed E-state index contributed by atoms with van der Waals surface area (Å²) in [6.07, 6.45) is 2.44. The van der Waals surface area contributed by atoms with Gasteiger partial charge in [-0.05, 0) is 42.3 Å². The normalized spacial score (nSPS) is 14.0. The van der Waals surface area contributed by atoms with Crippen molar-refractivity contribution in [2.45, 2.75) is 53.0 Å². The van der Waals surface area contributed by atoms with E-state index in [2.05, 4.69) is 57.3 Å². The van der Waals surface area contributed by atoms with Crippen LogP contribution in [-0.2, 0) is 11.2 Å². The predicted molar refractivity (Wildman–Crippen MR) is 89.0 cm³/mol. The third-order valence-electron chi connectivity index (χ3n) is 4.00. The summed E-state index contributed by atoms with van der Waals surface area (Å²) >= 11 is 0. The SMILES string of the molecule is CCc1ccc(C(NC(=O)CCC(C)CN)C(C)C)cc1. The lowest BCUT2D eigenvalue weighted by atomic mass is 9.94. The molecule has 0 bridgehead atoms. The van der Waals surface area contributed by atoms with Crippen LogP contribution in [0.5, 0.6) is 0 Å². The van der Waals surface area contributed by atoms with Crippen molar-refractivity contribution in [3.8, 4) is 0 Å². The summed E-state index contributed by atoms with van der Waals surface area (Å²) in [4.78, 5) is 12.1. The Morgan fingerprint density at radius 2 is 1.81 bits per heavy atom. The molecule has 0 heterocycles. The van der Waals surface area contributed by atoms with Crippen LogP contribution in [0.2, 0.25) is 0 Å². The predicted octanol–water partition coefficient (Wildman–Crippen LogP) is 3.44. The van der Waals surface area contributed by atoms with Crippen LogP contribution >= 0.6 is 0 Å². The van der Waals surface area contributed by atoms with Gasteiger partial charge in [0.2, 0.25) is 5.91 Å². The Morgan fingerprint density at radius 3 is 2.29 bits per heavy atom. The van der Waals surface area contributed by atoms with Crippen LogP contribution < -0.4 is 11.1 Å². The van der Waals surface area contributed by atoms with E-state index in [9.17, 15) is 4.79 Å². The van der Waals surface area contributed by atoms with Crippen molar-refractivity contribution in [3.05, 3.63) is 35.4 Å². The van der Waals surface area contributed by atoms with Crippen molar-refractivity contribution in [2.75, 3.05) is 6.54 Å². The van der Waals surface area contributed by atoms with Gasteiger partial charge in [-0.15, -0.1) is 0 Å². The number of benzene rings is 1. The van der Waals surface area contributed by atoms with Gasteiger partial charge in [0, 0.05) is 6.42 Å². The molecule has 0 aliphatic rings. The largest absolute Gasteiger partial charge is 0.349 e. The van der Waals surface area contributed by atoms with Crippen LogP contribution in [0.3, 0.4) is 0 Å². The molecule has 0 spiro atoms. The van der Waals surface area contributed by atoms with Gasteiger partial charge in [0.15, 0.2) is 0 Å². The first-order valence-electron chi connectivity index (χ1n) is 8.06. The zero-order valence-electron chi connectivity index (χ0n) is 13.9. The van der Waals surface area contributed by atoms with Gasteiger partial charge in [-0.2, -0.15) is 0 Å². The Kier molecular flexibility index (Phi) is 7.44. The number of rotatable bonds is 8. The molecular formula is C18H30N2O. The van der Waals surface area contributed by atoms with Crippen LogP contribution in [0.25, 0.3) is 0 Å². The van der Waals surface area contributed by atoms with Crippen molar-refractivity contribution in [2.24, 2.45) is 17.6 Å². The lowest BCUT2D eigenvalue weighted by molar-refractivity contribution is -0.122. The Balaban J connectivity index is 2.66. The number of amides is 1. The summed E-state index contributed by atoms with van der Waals surface area (Å²) in [6.45, 7) is 9.15. The van der Waals surface area contributed by atoms with Crippen molar-refractivity contribution in [3.63, 3.8) is 0 Å². The molecule has 21 heavy (non-hydrogen) atoms. The van der Waals surface area contributed by atoms with Crippen LogP contribution in [0, 0.1) is 11.8 Å². The molecule has 0 aromatic heterocycles. The van der Waals surface area contributed by atoms with E-state index in [0.29, 0.717) is 24.8 Å². The van der Waals surface area contributed by atoms with Crippen LogP contribution in [0.4, 0.5) is 0 Å². The average molecular weight is 290 g/mol. The molecule has 1 aromatic rings. The van der Waals surface area contributed by atoms with Crippen molar-refractivity contribution >= 4 is 5.91 Å². The number of hydrogen-bond acceptors (Lipinski definition) is 2. The highest BCUT2D eigenvalue weighted by molar-refractivity contribution is 5.76. The molecule has 0 aliphatic carbocycles. The third-order valence-corrected chi connectivity index (χ3v) is 4.00. The van der Waals surface area contributed by atoms with Crippen LogP contribution in [-0.4, -0.2) is 12.5 Å². The second kappa shape index (κ2) is 8.83. The second-order valence-electron chi connectivity index (χ2n) is 6.26. The van der Waals surface area contributed by atoms with Gasteiger partial charge in [-0.3, -0.25) is 4.79 Å². The zero-order valence-corrected chi connectivity index (χ0v) is 13.9. The van der Waals surface area contributed by atoms with Gasteiger partial charge < -0.3 is 11.1 Å². The Morgan fingerprint density at radius 1 is 1.19 bits per heavy atom. The summed E-state index contributed by atoms with van der Waals surface area (Å²) < 4.78 is 0. The molecule has 1 rings (SSSR count). The quantitative estimate of drug-likeness (QED) is 0.770. The van der Waals surface area contributed by atoms with E-state index in [4.69, 9.17) is 5.73 Å². The van der Waals surface area contributed by atoms with Crippen LogP contribution in [0.1, 0.15) is 57.7 Å². The van der Waals surface area contributed by atoms with E-state index in [0.717, 1.165) is 12.8 Å². The first kappa shape index (κ1) is 17.7. The molecule has 0 fully saturated rings. The van der Waals surface area contributed by atoms with E-state index in [1.54, 1.807) is 0 Å². The number of hydrogen-bond donors (Lipinski definition) is 2. The van der Waals surface area contributed by atoms with Gasteiger partial charge >= 0.3 is 0 Å². The molecule has 1 amide bonds. The standard InChI is InChI=1S/C18H30N2O/c1-5-15-7-9-16(10-8-15)18(13(2)3)20-17(21)11-6-14(4)12-19/h7-10,13-14,18H,5-6,11-12,19H2,1-4H3,(H,20,21). The van der Waals surface area contributed by atoms with E-state index < -0.39 is 0 Å². The molecule has 0 saturated heterocycles. The molecule has 2 unspecified atom stereocenters. The first-order chi connectivity index (χ1) is 9.97. The zero-order chi connectivity index (χ0) is 15.8. The van der Waals surface area contributed by atoms with Gasteiger partial charge in [0.05, 0.1) is 6.04 Å². The molecule has 0 radical (unpaired) electrons. The van der Waals surface area contributed by atoms with Gasteiger partial charge in [0.1, 0.15) is 0 Å². The summed E-state index contributed by atoms with van der Waals surface area (Å²) in [7, 11) is 0. The molecule has 0 saturated carbocycles. The molecule has 3 N–H and O–H groups in total. The summed E-state index contributed by atoms with van der Waals surface area (Å²) in [5, 5.41) is 3.17. The lowest BCUT2D eigenvalue weighted by Crippen LogP contribution is -2.32. The second-order valence-corrected chi connectivity index (χ2v) is 6.26. The molecule has 0 aliphatic heterocycles. The highest BCUT2D eigenvalue weighted by atomic mass is 16.1. The molecule has 3 nitrogen and oxygen atoms in total. The molecule has 2 atom stereocenters. The number of carbonyl (C=O) groups excluding carboxylic acids is 1. The van der Waals surface area contributed by atoms with Gasteiger partial charge in [-0.1, -0.05) is 52.0 Å². The maximum Gasteiger partial charge on any atom is 0.220 e. The number of nitrogens with one attached hydrogen (secondary N) is 1. The minimum Gasteiger partial charge on any atom is -0.349 e. The summed E-state index contributed by atoms with van der Waals surface area (Å²) in [5.74, 6) is 0.888. The first-order valence-corrected chi connectivity index (χ1v) is 8.06. The van der Waals surface area contributed by atoms with E-state index in [1.165, 1.54) is 11.1 Å². The molecular weight excluding hydrogens is 260 g/mol. The molecule has 3 heteroatoms. The smallest absolute Gasteiger partial charge is 0.220 e. The highest BCUT2D eigenvalue weighted by Gasteiger charge is 2.18. The number of carbonyl (C=O) groups is 1. The monoisotopic (exact) mass is 290 g/mol. The lowest BCUT2D eigenvalue weighted by Gasteiger charge is -2.23. The number of nitrogens with two attached hydrogens (primary N) is 1. The van der Waals surface area contributed by atoms with Crippen LogP contribution in [0.15, 0.2) is 24.3 Å². The third kappa shape index (κ3) is 5.88. The summed E-state index contributed by atoms with van der Waals surface area (Å²) in [6, 6.07) is 8.64. The number of aryl methyl sites for hydroxylation is 1. The van der Waals surface area contributed by atoms with E-state index >= 15 is 0 Å². The Hall–Kier alpha value is -1.35. The Labute approximate surface area is 129 Å². The fraction of sp³-hybridized carbons (Fsp3) is 0.611. The minimum atomic E-state index is 0.0802. The Bertz CT molecular complexity index is 425. The van der Waals surface area contributed by atoms with Gasteiger partial charge in [-0.25, -0.2) is 0 Å². The fourth-order valence-electron chi connectivity index (χ4n) is 2.34. The van der Waals surface area contributed by atoms with Crippen molar-refractivity contribution in [1.29, 1.82) is 0 Å². The maximum absolute atomic E-state index is 12.1. The summed E-state index contributed by atoms with van der Waals surface area (Å²) in [5.41, 5.74) is 8.10. The minimum absolute atomic E-state index is 0.0802. The highest BCUT2D eigenvalue weighted by Crippen LogP contribution is 2.22. The molecule has 1 aromatic carbocycles. The van der Waals surface area contributed by atoms with E-state index in [1.807, 2.05) is 0 Å².